The van der Waals surface area contributed by atoms with E-state index in [1.807, 2.05) is 6.08 Å². The van der Waals surface area contributed by atoms with Crippen LogP contribution in [0, 0.1) is 13.8 Å². The van der Waals surface area contributed by atoms with Crippen LogP contribution in [0.25, 0.3) is 33.6 Å². The van der Waals surface area contributed by atoms with Crippen molar-refractivity contribution in [3.05, 3.63) is 145 Å². The Bertz CT molecular complexity index is 1500. The summed E-state index contributed by atoms with van der Waals surface area (Å²) in [4.78, 5) is 0. The Kier molecular flexibility index (Phi) is 6.36. The van der Waals surface area contributed by atoms with Crippen LogP contribution in [0.3, 0.4) is 0 Å². The predicted octanol–water partition coefficient (Wildman–Crippen LogP) is 6.92. The van der Waals surface area contributed by atoms with E-state index in [1.165, 1.54) is 38.9 Å². The van der Waals surface area contributed by atoms with E-state index in [2.05, 4.69) is 145 Å². The summed E-state index contributed by atoms with van der Waals surface area (Å²) in [6.45, 7) is 8.36. The van der Waals surface area contributed by atoms with Gasteiger partial charge < -0.3 is 0 Å². The SMILES string of the molecule is C=CCc1ccccc1-c1cc(C)c(-c2ccccc2)c[n+]1-[n+]1ccccc1-c1ccccc1C. The van der Waals surface area contributed by atoms with Gasteiger partial charge in [-0.2, -0.15) is 0 Å². The summed E-state index contributed by atoms with van der Waals surface area (Å²) in [5.74, 6) is 0. The first-order chi connectivity index (χ1) is 17.2. The van der Waals surface area contributed by atoms with Gasteiger partial charge in [-0.3, -0.25) is 0 Å². The van der Waals surface area contributed by atoms with Crippen molar-refractivity contribution in [3.63, 3.8) is 0 Å². The van der Waals surface area contributed by atoms with Crippen molar-refractivity contribution in [2.45, 2.75) is 20.3 Å². The van der Waals surface area contributed by atoms with E-state index in [9.17, 15) is 0 Å². The van der Waals surface area contributed by atoms with Crippen LogP contribution in [0.4, 0.5) is 0 Å². The zero-order valence-corrected chi connectivity index (χ0v) is 20.4. The third-order valence-corrected chi connectivity index (χ3v) is 6.51. The zero-order valence-electron chi connectivity index (χ0n) is 20.4. The monoisotopic (exact) mass is 454 g/mol. The standard InChI is InChI=1S/C33H30N2/c1-4-14-27-18-9-11-20-30(27)33-23-26(3)31(28-16-6-5-7-17-28)24-35(33)34-22-13-12-21-32(34)29-19-10-8-15-25(29)2/h4-13,15-24H,1,14H2,2-3H3/q+2. The highest BCUT2D eigenvalue weighted by Crippen LogP contribution is 2.28. The van der Waals surface area contributed by atoms with Crippen molar-refractivity contribution in [1.82, 2.24) is 0 Å². The maximum atomic E-state index is 3.99. The largest absolute Gasteiger partial charge is 0.284 e. The molecule has 2 aromatic heterocycles. The van der Waals surface area contributed by atoms with Gasteiger partial charge in [0.05, 0.1) is 26.0 Å². The smallest absolute Gasteiger partial charge is 0.103 e. The van der Waals surface area contributed by atoms with Crippen LogP contribution in [0.15, 0.2) is 128 Å². The lowest BCUT2D eigenvalue weighted by Gasteiger charge is -2.10. The summed E-state index contributed by atoms with van der Waals surface area (Å²) in [7, 11) is 0. The molecule has 3 aromatic carbocycles. The van der Waals surface area contributed by atoms with E-state index in [1.54, 1.807) is 0 Å². The highest BCUT2D eigenvalue weighted by molar-refractivity contribution is 5.69. The molecule has 5 aromatic rings. The third kappa shape index (κ3) is 4.43. The molecule has 0 aliphatic heterocycles. The minimum atomic E-state index is 0.819. The average Bonchev–Trinajstić information content (AvgIpc) is 2.90. The molecule has 170 valence electrons. The molecule has 35 heavy (non-hydrogen) atoms. The number of benzene rings is 3. The Morgan fingerprint density at radius 3 is 2.09 bits per heavy atom. The quantitative estimate of drug-likeness (QED) is 0.194. The zero-order chi connectivity index (χ0) is 24.2. The fourth-order valence-corrected chi connectivity index (χ4v) is 4.74. The number of hydrogen-bond donors (Lipinski definition) is 0. The van der Waals surface area contributed by atoms with Crippen molar-refractivity contribution in [3.8, 4) is 33.6 Å². The maximum absolute atomic E-state index is 3.99. The molecule has 2 heterocycles. The molecule has 0 aliphatic carbocycles. The van der Waals surface area contributed by atoms with Crippen LogP contribution in [-0.2, 0) is 6.42 Å². The van der Waals surface area contributed by atoms with Crippen molar-refractivity contribution < 1.29 is 9.35 Å². The van der Waals surface area contributed by atoms with Crippen LogP contribution >= 0.6 is 0 Å². The van der Waals surface area contributed by atoms with Gasteiger partial charge in [-0.05, 0) is 60.7 Å². The lowest BCUT2D eigenvalue weighted by molar-refractivity contribution is -1.29. The van der Waals surface area contributed by atoms with E-state index in [0.717, 1.165) is 17.8 Å². The van der Waals surface area contributed by atoms with E-state index in [4.69, 9.17) is 0 Å². The maximum Gasteiger partial charge on any atom is 0.284 e. The molecule has 0 radical (unpaired) electrons. The normalized spacial score (nSPS) is 10.8. The Morgan fingerprint density at radius 1 is 0.629 bits per heavy atom. The Morgan fingerprint density at radius 2 is 1.31 bits per heavy atom. The lowest BCUT2D eigenvalue weighted by Crippen LogP contribution is -2.68. The Hall–Kier alpha value is -4.30. The highest BCUT2D eigenvalue weighted by atomic mass is 15.5. The van der Waals surface area contributed by atoms with Crippen LogP contribution in [0.1, 0.15) is 16.7 Å². The fraction of sp³-hybridized carbons (Fsp3) is 0.0909. The van der Waals surface area contributed by atoms with E-state index in [-0.39, 0.29) is 0 Å². The van der Waals surface area contributed by atoms with Crippen molar-refractivity contribution in [1.29, 1.82) is 0 Å². The number of pyridine rings is 2. The number of hydrogen-bond acceptors (Lipinski definition) is 0. The minimum Gasteiger partial charge on any atom is -0.103 e. The van der Waals surface area contributed by atoms with Crippen molar-refractivity contribution in [2.75, 3.05) is 0 Å². The molecule has 0 N–H and O–H groups in total. The molecule has 0 amide bonds. The van der Waals surface area contributed by atoms with Gasteiger partial charge in [0.1, 0.15) is 0 Å². The summed E-state index contributed by atoms with van der Waals surface area (Å²) >= 11 is 0. The van der Waals surface area contributed by atoms with Gasteiger partial charge in [-0.25, -0.2) is 0 Å². The summed E-state index contributed by atoms with van der Waals surface area (Å²) < 4.78 is 4.55. The lowest BCUT2D eigenvalue weighted by atomic mass is 9.97. The van der Waals surface area contributed by atoms with E-state index < -0.39 is 0 Å². The first-order valence-corrected chi connectivity index (χ1v) is 12.1. The minimum absolute atomic E-state index is 0.819. The second-order valence-corrected chi connectivity index (χ2v) is 8.86. The summed E-state index contributed by atoms with van der Waals surface area (Å²) in [6.07, 6.45) is 7.21. The molecule has 0 bridgehead atoms. The van der Waals surface area contributed by atoms with Gasteiger partial charge in [0.2, 0.25) is 6.20 Å². The number of aromatic nitrogens is 2. The number of nitrogens with zero attached hydrogens (tertiary/aromatic N) is 2. The molecule has 0 saturated carbocycles. The molecule has 2 nitrogen and oxygen atoms in total. The van der Waals surface area contributed by atoms with E-state index in [0.29, 0.717) is 0 Å². The van der Waals surface area contributed by atoms with Gasteiger partial charge >= 0.3 is 0 Å². The second-order valence-electron chi connectivity index (χ2n) is 8.86. The van der Waals surface area contributed by atoms with Crippen LogP contribution in [0.5, 0.6) is 0 Å². The van der Waals surface area contributed by atoms with Crippen molar-refractivity contribution >= 4 is 0 Å². The summed E-state index contributed by atoms with van der Waals surface area (Å²) in [6, 6.07) is 36.5. The molecule has 5 rings (SSSR count). The molecule has 0 fully saturated rings. The number of allylic oxidation sites excluding steroid dienone is 1. The van der Waals surface area contributed by atoms with Crippen LogP contribution < -0.4 is 9.35 Å². The predicted molar refractivity (Wildman–Crippen MR) is 144 cm³/mol. The number of rotatable bonds is 6. The molecule has 2 heteroatoms. The summed E-state index contributed by atoms with van der Waals surface area (Å²) in [5, 5.41) is 0. The number of aryl methyl sites for hydroxylation is 2. The first-order valence-electron chi connectivity index (χ1n) is 12.1. The molecule has 0 saturated heterocycles. The molecule has 0 unspecified atom stereocenters. The summed E-state index contributed by atoms with van der Waals surface area (Å²) in [5.41, 5.74) is 10.9. The topological polar surface area (TPSA) is 7.76 Å². The average molecular weight is 455 g/mol. The Balaban J connectivity index is 1.84. The van der Waals surface area contributed by atoms with Gasteiger partial charge in [0.15, 0.2) is 0 Å². The molecular formula is C33H30N2+2. The van der Waals surface area contributed by atoms with Gasteiger partial charge in [0, 0.05) is 18.2 Å². The molecular weight excluding hydrogens is 424 g/mol. The van der Waals surface area contributed by atoms with Gasteiger partial charge in [-0.1, -0.05) is 72.8 Å². The highest BCUT2D eigenvalue weighted by Gasteiger charge is 2.30. The molecule has 0 aliphatic rings. The Labute approximate surface area is 208 Å². The van der Waals surface area contributed by atoms with Gasteiger partial charge in [0.25, 0.3) is 17.6 Å². The van der Waals surface area contributed by atoms with Crippen LogP contribution in [-0.4, -0.2) is 0 Å². The fourth-order valence-electron chi connectivity index (χ4n) is 4.74. The molecule has 0 atom stereocenters. The van der Waals surface area contributed by atoms with Crippen LogP contribution in [0.2, 0.25) is 0 Å². The second kappa shape index (κ2) is 9.90. The third-order valence-electron chi connectivity index (χ3n) is 6.51. The van der Waals surface area contributed by atoms with Gasteiger partial charge in [-0.15, -0.1) is 6.58 Å². The van der Waals surface area contributed by atoms with Crippen molar-refractivity contribution in [2.24, 2.45) is 0 Å². The molecule has 0 spiro atoms. The van der Waals surface area contributed by atoms with E-state index >= 15 is 0 Å². The first kappa shape index (κ1) is 22.5.